The van der Waals surface area contributed by atoms with Crippen LogP contribution >= 0.6 is 23.4 Å². The quantitative estimate of drug-likeness (QED) is 0.775. The Morgan fingerprint density at radius 1 is 1.11 bits per heavy atom. The summed E-state index contributed by atoms with van der Waals surface area (Å²) in [4.78, 5) is 14.1. The second-order valence-electron chi connectivity index (χ2n) is 5.30. The molecule has 2 aromatic heterocycles. The number of nitrogens with zero attached hydrogens (tertiary/aromatic N) is 3. The smallest absolute Gasteiger partial charge is 0.136 e. The van der Waals surface area contributed by atoms with Crippen molar-refractivity contribution in [3.63, 3.8) is 0 Å². The van der Waals surface area contributed by atoms with Crippen LogP contribution in [0, 0.1) is 6.92 Å². The van der Waals surface area contributed by atoms with Gasteiger partial charge in [-0.05, 0) is 19.1 Å². The fourth-order valence-corrected chi connectivity index (χ4v) is 2.51. The van der Waals surface area contributed by atoms with Crippen LogP contribution in [0.4, 0.5) is 0 Å². The van der Waals surface area contributed by atoms with Gasteiger partial charge in [-0.25, -0.2) is 9.97 Å². The van der Waals surface area contributed by atoms with Crippen molar-refractivity contribution in [3.8, 4) is 0 Å². The molecular formula is C14H16ClN3S. The molecule has 0 aromatic carbocycles. The molecule has 0 fully saturated rings. The van der Waals surface area contributed by atoms with Gasteiger partial charge in [0.1, 0.15) is 16.0 Å². The molecule has 19 heavy (non-hydrogen) atoms. The van der Waals surface area contributed by atoms with E-state index >= 15 is 0 Å². The van der Waals surface area contributed by atoms with Gasteiger partial charge in [-0.15, -0.1) is 0 Å². The van der Waals surface area contributed by atoms with Crippen LogP contribution in [0.1, 0.15) is 32.2 Å². The number of pyridine rings is 1. The van der Waals surface area contributed by atoms with Crippen molar-refractivity contribution in [1.29, 1.82) is 0 Å². The predicted molar refractivity (Wildman–Crippen MR) is 78.8 cm³/mol. The van der Waals surface area contributed by atoms with E-state index in [4.69, 9.17) is 11.6 Å². The molecule has 0 aliphatic heterocycles. The summed E-state index contributed by atoms with van der Waals surface area (Å²) < 4.78 is 0. The molecule has 2 aromatic rings. The van der Waals surface area contributed by atoms with Crippen LogP contribution in [0.2, 0.25) is 5.15 Å². The molecule has 0 bridgehead atoms. The van der Waals surface area contributed by atoms with Crippen molar-refractivity contribution in [1.82, 2.24) is 15.0 Å². The zero-order valence-electron chi connectivity index (χ0n) is 11.4. The SMILES string of the molecule is Cc1c(Cl)nc(C(C)(C)C)nc1Sc1ccncc1. The Balaban J connectivity index is 2.42. The third-order valence-electron chi connectivity index (χ3n) is 2.58. The van der Waals surface area contributed by atoms with Crippen LogP contribution in [0.25, 0.3) is 0 Å². The zero-order chi connectivity index (χ0) is 14.0. The summed E-state index contributed by atoms with van der Waals surface area (Å²) in [6, 6.07) is 3.91. The molecule has 5 heteroatoms. The first-order valence-corrected chi connectivity index (χ1v) is 7.20. The van der Waals surface area contributed by atoms with Crippen molar-refractivity contribution in [3.05, 3.63) is 41.1 Å². The highest BCUT2D eigenvalue weighted by Gasteiger charge is 2.20. The molecule has 2 rings (SSSR count). The van der Waals surface area contributed by atoms with E-state index in [1.165, 1.54) is 0 Å². The highest BCUT2D eigenvalue weighted by molar-refractivity contribution is 7.99. The summed E-state index contributed by atoms with van der Waals surface area (Å²) in [6.45, 7) is 8.18. The van der Waals surface area contributed by atoms with E-state index in [9.17, 15) is 0 Å². The summed E-state index contributed by atoms with van der Waals surface area (Å²) in [7, 11) is 0. The van der Waals surface area contributed by atoms with Crippen LogP contribution in [-0.2, 0) is 5.41 Å². The Morgan fingerprint density at radius 2 is 1.74 bits per heavy atom. The Morgan fingerprint density at radius 3 is 2.32 bits per heavy atom. The molecule has 2 heterocycles. The van der Waals surface area contributed by atoms with Gasteiger partial charge in [0.2, 0.25) is 0 Å². The third kappa shape index (κ3) is 3.45. The first-order valence-electron chi connectivity index (χ1n) is 6.00. The lowest BCUT2D eigenvalue weighted by molar-refractivity contribution is 0.537. The van der Waals surface area contributed by atoms with Gasteiger partial charge < -0.3 is 0 Å². The predicted octanol–water partition coefficient (Wildman–Crippen LogP) is 4.28. The summed E-state index contributed by atoms with van der Waals surface area (Å²) >= 11 is 7.80. The van der Waals surface area contributed by atoms with Crippen molar-refractivity contribution >= 4 is 23.4 Å². The average Bonchev–Trinajstić information content (AvgIpc) is 2.34. The van der Waals surface area contributed by atoms with E-state index in [1.807, 2.05) is 19.1 Å². The average molecular weight is 294 g/mol. The van der Waals surface area contributed by atoms with Crippen molar-refractivity contribution in [2.45, 2.75) is 43.0 Å². The molecule has 0 atom stereocenters. The van der Waals surface area contributed by atoms with E-state index in [1.54, 1.807) is 24.2 Å². The van der Waals surface area contributed by atoms with Crippen LogP contribution in [0.3, 0.4) is 0 Å². The summed E-state index contributed by atoms with van der Waals surface area (Å²) in [6.07, 6.45) is 3.54. The standard InChI is InChI=1S/C14H16ClN3S/c1-9-11(15)17-13(14(2,3)4)18-12(9)19-10-5-7-16-8-6-10/h5-8H,1-4H3. The summed E-state index contributed by atoms with van der Waals surface area (Å²) in [5, 5.41) is 1.42. The zero-order valence-corrected chi connectivity index (χ0v) is 13.0. The minimum Gasteiger partial charge on any atom is -0.265 e. The molecule has 0 unspecified atom stereocenters. The highest BCUT2D eigenvalue weighted by atomic mass is 35.5. The Bertz CT molecular complexity index is 579. The third-order valence-corrected chi connectivity index (χ3v) is 4.04. The number of hydrogen-bond acceptors (Lipinski definition) is 4. The molecule has 0 N–H and O–H groups in total. The van der Waals surface area contributed by atoms with E-state index in [2.05, 4.69) is 35.7 Å². The first-order chi connectivity index (χ1) is 8.88. The Hall–Kier alpha value is -1.13. The van der Waals surface area contributed by atoms with Gasteiger partial charge in [-0.2, -0.15) is 0 Å². The van der Waals surface area contributed by atoms with Crippen LogP contribution < -0.4 is 0 Å². The second kappa shape index (κ2) is 5.47. The maximum absolute atomic E-state index is 6.21. The van der Waals surface area contributed by atoms with Gasteiger partial charge in [-0.3, -0.25) is 4.98 Å². The van der Waals surface area contributed by atoms with E-state index in [-0.39, 0.29) is 5.41 Å². The first kappa shape index (κ1) is 14.3. The summed E-state index contributed by atoms with van der Waals surface area (Å²) in [5.74, 6) is 0.764. The molecule has 0 amide bonds. The van der Waals surface area contributed by atoms with E-state index in [0.717, 1.165) is 21.3 Å². The molecule has 0 saturated heterocycles. The summed E-state index contributed by atoms with van der Waals surface area (Å²) in [5.41, 5.74) is 0.793. The van der Waals surface area contributed by atoms with E-state index < -0.39 is 0 Å². The minimum absolute atomic E-state index is 0.120. The maximum atomic E-state index is 6.21. The molecule has 0 radical (unpaired) electrons. The lowest BCUT2D eigenvalue weighted by atomic mass is 9.96. The second-order valence-corrected chi connectivity index (χ2v) is 6.72. The largest absolute Gasteiger partial charge is 0.265 e. The number of hydrogen-bond donors (Lipinski definition) is 0. The maximum Gasteiger partial charge on any atom is 0.136 e. The molecule has 0 aliphatic rings. The van der Waals surface area contributed by atoms with Gasteiger partial charge in [0.15, 0.2) is 0 Å². The van der Waals surface area contributed by atoms with Crippen molar-refractivity contribution < 1.29 is 0 Å². The lowest BCUT2D eigenvalue weighted by Gasteiger charge is -2.18. The number of halogens is 1. The fourth-order valence-electron chi connectivity index (χ4n) is 1.42. The number of aromatic nitrogens is 3. The minimum atomic E-state index is -0.120. The molecular weight excluding hydrogens is 278 g/mol. The van der Waals surface area contributed by atoms with Gasteiger partial charge in [0.05, 0.1) is 0 Å². The Kier molecular flexibility index (Phi) is 4.11. The fraction of sp³-hybridized carbons (Fsp3) is 0.357. The van der Waals surface area contributed by atoms with Gasteiger partial charge in [0, 0.05) is 28.3 Å². The van der Waals surface area contributed by atoms with Crippen LogP contribution in [0.15, 0.2) is 34.4 Å². The van der Waals surface area contributed by atoms with Gasteiger partial charge in [-0.1, -0.05) is 44.1 Å². The monoisotopic (exact) mass is 293 g/mol. The lowest BCUT2D eigenvalue weighted by Crippen LogP contribution is -2.17. The molecule has 3 nitrogen and oxygen atoms in total. The van der Waals surface area contributed by atoms with Crippen molar-refractivity contribution in [2.24, 2.45) is 0 Å². The molecule has 0 spiro atoms. The van der Waals surface area contributed by atoms with Crippen LogP contribution in [-0.4, -0.2) is 15.0 Å². The highest BCUT2D eigenvalue weighted by Crippen LogP contribution is 2.32. The van der Waals surface area contributed by atoms with Crippen molar-refractivity contribution in [2.75, 3.05) is 0 Å². The molecule has 100 valence electrons. The molecule has 0 saturated carbocycles. The Labute approximate surface area is 122 Å². The topological polar surface area (TPSA) is 38.7 Å². The normalized spacial score (nSPS) is 11.6. The number of rotatable bonds is 2. The molecule has 0 aliphatic carbocycles. The van der Waals surface area contributed by atoms with Gasteiger partial charge >= 0.3 is 0 Å². The van der Waals surface area contributed by atoms with Crippen LogP contribution in [0.5, 0.6) is 0 Å². The van der Waals surface area contributed by atoms with Gasteiger partial charge in [0.25, 0.3) is 0 Å². The van der Waals surface area contributed by atoms with E-state index in [0.29, 0.717) is 5.15 Å².